The van der Waals surface area contributed by atoms with Crippen molar-refractivity contribution in [2.24, 2.45) is 0 Å². The molecule has 0 bridgehead atoms. The Kier molecular flexibility index (Phi) is 6.31. The Bertz CT molecular complexity index is 1220. The molecule has 3 aromatic carbocycles. The number of hydrogen-bond donors (Lipinski definition) is 3. The van der Waals surface area contributed by atoms with Crippen LogP contribution in [0.1, 0.15) is 40.2 Å². The van der Waals surface area contributed by atoms with Crippen molar-refractivity contribution in [2.75, 3.05) is 41.3 Å². The number of carboxylic acids is 1. The van der Waals surface area contributed by atoms with Crippen LogP contribution in [0.5, 0.6) is 5.75 Å². The zero-order chi connectivity index (χ0) is 24.4. The van der Waals surface area contributed by atoms with Gasteiger partial charge in [0.25, 0.3) is 0 Å². The van der Waals surface area contributed by atoms with Crippen molar-refractivity contribution in [1.29, 1.82) is 0 Å². The van der Waals surface area contributed by atoms with Gasteiger partial charge in [-0.3, -0.25) is 4.79 Å². The molecule has 2 aliphatic rings. The smallest absolute Gasteiger partial charge is 0.335 e. The van der Waals surface area contributed by atoms with Crippen molar-refractivity contribution in [3.8, 4) is 5.75 Å². The van der Waals surface area contributed by atoms with Crippen LogP contribution < -0.4 is 15.1 Å². The molecule has 1 atom stereocenters. The average molecular weight is 472 g/mol. The lowest BCUT2D eigenvalue weighted by molar-refractivity contribution is -0.117. The topological polar surface area (TPSA) is 93.1 Å². The van der Waals surface area contributed by atoms with Crippen LogP contribution in [0.4, 0.5) is 17.1 Å². The predicted molar refractivity (Wildman–Crippen MR) is 137 cm³/mol. The molecular weight excluding hydrogens is 442 g/mol. The number of piperazine rings is 1. The van der Waals surface area contributed by atoms with E-state index in [1.54, 1.807) is 12.1 Å². The summed E-state index contributed by atoms with van der Waals surface area (Å²) in [5, 5.41) is 23.0. The van der Waals surface area contributed by atoms with Gasteiger partial charge in [0.05, 0.1) is 11.5 Å². The molecule has 35 heavy (non-hydrogen) atoms. The largest absolute Gasteiger partial charge is 0.508 e. The van der Waals surface area contributed by atoms with E-state index < -0.39 is 5.97 Å². The van der Waals surface area contributed by atoms with Gasteiger partial charge in [0.15, 0.2) is 0 Å². The van der Waals surface area contributed by atoms with Crippen molar-refractivity contribution < 1.29 is 19.8 Å². The Morgan fingerprint density at radius 3 is 2.17 bits per heavy atom. The highest BCUT2D eigenvalue weighted by atomic mass is 16.4. The van der Waals surface area contributed by atoms with Crippen LogP contribution in [-0.4, -0.2) is 48.3 Å². The number of carbonyl (C=O) groups is 2. The fraction of sp³-hybridized carbons (Fsp3) is 0.286. The molecule has 1 fully saturated rings. The Balaban J connectivity index is 1.32. The lowest BCUT2D eigenvalue weighted by Crippen LogP contribution is -2.46. The lowest BCUT2D eigenvalue weighted by Gasteiger charge is -2.38. The maximum absolute atomic E-state index is 13.1. The summed E-state index contributed by atoms with van der Waals surface area (Å²) >= 11 is 0. The number of para-hydroxylation sites is 1. The van der Waals surface area contributed by atoms with Crippen molar-refractivity contribution in [1.82, 2.24) is 0 Å². The van der Waals surface area contributed by atoms with Crippen molar-refractivity contribution in [3.63, 3.8) is 0 Å². The van der Waals surface area contributed by atoms with Crippen LogP contribution in [0.15, 0.2) is 66.7 Å². The Morgan fingerprint density at radius 1 is 0.857 bits per heavy atom. The normalized spacial score (nSPS) is 17.5. The Morgan fingerprint density at radius 2 is 1.51 bits per heavy atom. The molecule has 1 aliphatic heterocycles. The van der Waals surface area contributed by atoms with Gasteiger partial charge in [0.1, 0.15) is 5.75 Å². The number of nitrogens with zero attached hydrogens (tertiary/aromatic N) is 2. The van der Waals surface area contributed by atoms with Gasteiger partial charge in [0, 0.05) is 49.3 Å². The number of nitrogens with one attached hydrogen (secondary N) is 1. The first-order valence-electron chi connectivity index (χ1n) is 12.0. The molecule has 5 rings (SSSR count). The van der Waals surface area contributed by atoms with E-state index in [4.69, 9.17) is 5.11 Å². The highest BCUT2D eigenvalue weighted by Crippen LogP contribution is 2.40. The molecule has 7 heteroatoms. The van der Waals surface area contributed by atoms with Crippen LogP contribution in [0, 0.1) is 0 Å². The van der Waals surface area contributed by atoms with Gasteiger partial charge < -0.3 is 25.3 Å². The van der Waals surface area contributed by atoms with Crippen molar-refractivity contribution in [3.05, 3.63) is 83.4 Å². The summed E-state index contributed by atoms with van der Waals surface area (Å²) in [6, 6.07) is 20.3. The molecule has 3 N–H and O–H groups in total. The highest BCUT2D eigenvalue weighted by Gasteiger charge is 2.30. The van der Waals surface area contributed by atoms with Crippen LogP contribution in [0.2, 0.25) is 0 Å². The number of benzene rings is 3. The summed E-state index contributed by atoms with van der Waals surface area (Å²) in [7, 11) is 0. The average Bonchev–Trinajstić information content (AvgIpc) is 2.89. The molecule has 0 saturated carbocycles. The monoisotopic (exact) mass is 471 g/mol. The summed E-state index contributed by atoms with van der Waals surface area (Å²) in [6.45, 7) is 3.09. The molecule has 0 radical (unpaired) electrons. The van der Waals surface area contributed by atoms with Gasteiger partial charge in [-0.1, -0.05) is 18.2 Å². The number of amides is 1. The number of aromatic carboxylic acids is 1. The van der Waals surface area contributed by atoms with Crippen molar-refractivity contribution >= 4 is 28.9 Å². The molecule has 1 unspecified atom stereocenters. The number of hydrogen-bond acceptors (Lipinski definition) is 5. The van der Waals surface area contributed by atoms with Gasteiger partial charge in [-0.25, -0.2) is 4.79 Å². The Labute approximate surface area is 204 Å². The number of anilines is 3. The molecular formula is C28H29N3O4. The second-order valence-electron chi connectivity index (χ2n) is 9.16. The van der Waals surface area contributed by atoms with Crippen LogP contribution >= 0.6 is 0 Å². The SMILES string of the molecule is O=C(O)c1ccc(N2CCN(c3cc(O)c4c(c3)C(C(=O)Nc3ccccc3)CCC4)CC2)cc1. The number of carboxylic acid groups (broad SMARTS) is 1. The molecule has 1 heterocycles. The molecule has 180 valence electrons. The molecule has 0 aromatic heterocycles. The van der Waals surface area contributed by atoms with Crippen molar-refractivity contribution in [2.45, 2.75) is 25.2 Å². The minimum atomic E-state index is -0.927. The van der Waals surface area contributed by atoms with Crippen LogP contribution in [0.3, 0.4) is 0 Å². The summed E-state index contributed by atoms with van der Waals surface area (Å²) in [5.74, 6) is -0.993. The lowest BCUT2D eigenvalue weighted by atomic mass is 9.81. The van der Waals surface area contributed by atoms with Gasteiger partial charge in [-0.15, -0.1) is 0 Å². The van der Waals surface area contributed by atoms with E-state index in [1.807, 2.05) is 48.5 Å². The molecule has 1 aliphatic carbocycles. The van der Waals surface area contributed by atoms with E-state index in [0.29, 0.717) is 0 Å². The second-order valence-corrected chi connectivity index (χ2v) is 9.16. The van der Waals surface area contributed by atoms with Gasteiger partial charge in [-0.2, -0.15) is 0 Å². The van der Waals surface area contributed by atoms with E-state index in [0.717, 1.165) is 73.6 Å². The predicted octanol–water partition coefficient (Wildman–Crippen LogP) is 4.48. The first-order valence-corrected chi connectivity index (χ1v) is 12.0. The number of carbonyl (C=O) groups excluding carboxylic acids is 1. The standard InChI is InChI=1S/C28H29N3O4/c32-26-18-22(31-15-13-30(14-16-31)21-11-9-19(10-12-21)28(34)35)17-25-23(26)7-4-8-24(25)27(33)29-20-5-2-1-3-6-20/h1-3,5-6,9-12,17-18,24,32H,4,7-8,13-16H2,(H,29,33)(H,34,35). The minimum Gasteiger partial charge on any atom is -0.508 e. The fourth-order valence-corrected chi connectivity index (χ4v) is 5.13. The maximum atomic E-state index is 13.1. The number of rotatable bonds is 5. The molecule has 3 aromatic rings. The van der Waals surface area contributed by atoms with Gasteiger partial charge in [0.2, 0.25) is 5.91 Å². The van der Waals surface area contributed by atoms with E-state index in [9.17, 15) is 14.7 Å². The third kappa shape index (κ3) is 4.80. The van der Waals surface area contributed by atoms with Crippen LogP contribution in [0.25, 0.3) is 0 Å². The third-order valence-corrected chi connectivity index (χ3v) is 7.02. The number of phenolic OH excluding ortho intramolecular Hbond substituents is 1. The summed E-state index contributed by atoms with van der Waals surface area (Å²) in [6.07, 6.45) is 2.40. The Hall–Kier alpha value is -4.00. The van der Waals surface area contributed by atoms with E-state index in [-0.39, 0.29) is 23.1 Å². The van der Waals surface area contributed by atoms with Gasteiger partial charge >= 0.3 is 5.97 Å². The maximum Gasteiger partial charge on any atom is 0.335 e. The third-order valence-electron chi connectivity index (χ3n) is 7.02. The van der Waals surface area contributed by atoms with E-state index in [2.05, 4.69) is 21.2 Å². The van der Waals surface area contributed by atoms with E-state index in [1.165, 1.54) is 0 Å². The molecule has 1 saturated heterocycles. The molecule has 0 spiro atoms. The number of aromatic hydroxyl groups is 1. The summed E-state index contributed by atoms with van der Waals surface area (Å²) in [4.78, 5) is 28.7. The van der Waals surface area contributed by atoms with Gasteiger partial charge in [-0.05, 0) is 72.9 Å². The summed E-state index contributed by atoms with van der Waals surface area (Å²) in [5.41, 5.74) is 4.79. The molecule has 7 nitrogen and oxygen atoms in total. The highest BCUT2D eigenvalue weighted by molar-refractivity contribution is 5.96. The summed E-state index contributed by atoms with van der Waals surface area (Å²) < 4.78 is 0. The zero-order valence-corrected chi connectivity index (χ0v) is 19.5. The fourth-order valence-electron chi connectivity index (χ4n) is 5.13. The first kappa shape index (κ1) is 22.8. The minimum absolute atomic E-state index is 0.0386. The quantitative estimate of drug-likeness (QED) is 0.508. The second kappa shape index (κ2) is 9.70. The number of fused-ring (bicyclic) bond motifs is 1. The number of phenols is 1. The zero-order valence-electron chi connectivity index (χ0n) is 19.5. The van der Waals surface area contributed by atoms with E-state index >= 15 is 0 Å². The van der Waals surface area contributed by atoms with Crippen LogP contribution in [-0.2, 0) is 11.2 Å². The first-order chi connectivity index (χ1) is 17.0. The molecule has 1 amide bonds.